The molecule has 2 aliphatic rings. The normalized spacial score (nSPS) is 19.1. The number of rotatable bonds is 18. The fourth-order valence-electron chi connectivity index (χ4n) is 6.46. The number of nitrogens with zero attached hydrogens (tertiary/aromatic N) is 2. The zero-order valence-corrected chi connectivity index (χ0v) is 28.4. The number of aliphatic hydroxyl groups excluding tert-OH is 2. The average molecular weight is 657 g/mol. The quantitative estimate of drug-likeness (QED) is 0.139. The van der Waals surface area contributed by atoms with Crippen molar-refractivity contribution in [1.82, 2.24) is 20.4 Å². The highest BCUT2D eigenvalue weighted by molar-refractivity contribution is 5.92. The molecule has 1 aliphatic carbocycles. The molecular formula is C36H56N4O7. The van der Waals surface area contributed by atoms with Crippen molar-refractivity contribution < 1.29 is 34.1 Å². The lowest BCUT2D eigenvalue weighted by Gasteiger charge is -2.33. The van der Waals surface area contributed by atoms with E-state index in [1.165, 1.54) is 12.5 Å². The first-order chi connectivity index (χ1) is 22.5. The lowest BCUT2D eigenvalue weighted by molar-refractivity contribution is -0.150. The van der Waals surface area contributed by atoms with E-state index in [0.29, 0.717) is 51.4 Å². The van der Waals surface area contributed by atoms with E-state index in [0.717, 1.165) is 31.2 Å². The summed E-state index contributed by atoms with van der Waals surface area (Å²) in [6, 6.07) is 7.61. The summed E-state index contributed by atoms with van der Waals surface area (Å²) in [5, 5.41) is 27.6. The number of ether oxygens (including phenoxy) is 1. The third kappa shape index (κ3) is 13.0. The third-order valence-electron chi connectivity index (χ3n) is 9.29. The zero-order valence-electron chi connectivity index (χ0n) is 28.4. The number of hydrogen-bond donors (Lipinski definition) is 4. The van der Waals surface area contributed by atoms with Crippen LogP contribution >= 0.6 is 0 Å². The second kappa shape index (κ2) is 19.5. The van der Waals surface area contributed by atoms with Crippen molar-refractivity contribution in [3.05, 3.63) is 48.6 Å². The van der Waals surface area contributed by atoms with Crippen molar-refractivity contribution in [2.75, 3.05) is 39.8 Å². The average Bonchev–Trinajstić information content (AvgIpc) is 3.05. The van der Waals surface area contributed by atoms with E-state index < -0.39 is 42.0 Å². The lowest BCUT2D eigenvalue weighted by atomic mass is 9.82. The highest BCUT2D eigenvalue weighted by Crippen LogP contribution is 2.29. The van der Waals surface area contributed by atoms with Crippen LogP contribution in [0.25, 0.3) is 0 Å². The predicted molar refractivity (Wildman–Crippen MR) is 180 cm³/mol. The number of carbonyl (C=O) groups excluding carboxylic acids is 4. The minimum atomic E-state index is -1.15. The number of likely N-dealkylation sites (N-methyl/N-ethyl adjacent to an activating group) is 1. The monoisotopic (exact) mass is 656 g/mol. The van der Waals surface area contributed by atoms with E-state index in [1.54, 1.807) is 11.9 Å². The Balaban J connectivity index is 1.68. The van der Waals surface area contributed by atoms with Crippen molar-refractivity contribution in [2.24, 2.45) is 17.8 Å². The topological polar surface area (TPSA) is 149 Å². The van der Waals surface area contributed by atoms with E-state index in [9.17, 15) is 29.4 Å². The van der Waals surface area contributed by atoms with E-state index in [-0.39, 0.29) is 30.8 Å². The van der Waals surface area contributed by atoms with Crippen LogP contribution in [0, 0.1) is 17.8 Å². The van der Waals surface area contributed by atoms with Gasteiger partial charge in [0.05, 0.1) is 24.6 Å². The van der Waals surface area contributed by atoms with Gasteiger partial charge in [-0.3, -0.25) is 24.1 Å². The Morgan fingerprint density at radius 2 is 1.79 bits per heavy atom. The van der Waals surface area contributed by atoms with Gasteiger partial charge in [0.1, 0.15) is 18.8 Å². The molecule has 2 fully saturated rings. The van der Waals surface area contributed by atoms with Gasteiger partial charge in [0.25, 0.3) is 0 Å². The largest absolute Gasteiger partial charge is 0.463 e. The Hall–Kier alpha value is -3.28. The van der Waals surface area contributed by atoms with Crippen LogP contribution in [-0.2, 0) is 30.3 Å². The molecule has 0 bridgehead atoms. The Kier molecular flexibility index (Phi) is 15.9. The van der Waals surface area contributed by atoms with Crippen LogP contribution in [0.4, 0.5) is 0 Å². The lowest BCUT2D eigenvalue weighted by Crippen LogP contribution is -2.55. The molecule has 0 aromatic heterocycles. The molecule has 1 aromatic rings. The predicted octanol–water partition coefficient (Wildman–Crippen LogP) is 2.45. The highest BCUT2D eigenvalue weighted by Gasteiger charge is 2.33. The maximum Gasteiger partial charge on any atom is 0.320 e. The van der Waals surface area contributed by atoms with Crippen LogP contribution in [0.2, 0.25) is 0 Å². The minimum absolute atomic E-state index is 0.0742. The van der Waals surface area contributed by atoms with E-state index in [1.807, 2.05) is 49.1 Å². The number of aliphatic hydroxyl groups is 2. The van der Waals surface area contributed by atoms with Crippen molar-refractivity contribution in [2.45, 2.75) is 95.9 Å². The summed E-state index contributed by atoms with van der Waals surface area (Å²) in [6.45, 7) is 9.72. The Bertz CT molecular complexity index is 1160. The molecule has 3 amide bonds. The summed E-state index contributed by atoms with van der Waals surface area (Å²) in [7, 11) is 1.67. The van der Waals surface area contributed by atoms with Crippen molar-refractivity contribution in [3.63, 3.8) is 0 Å². The summed E-state index contributed by atoms with van der Waals surface area (Å²) in [5.74, 6) is -1.76. The Morgan fingerprint density at radius 1 is 1.09 bits per heavy atom. The summed E-state index contributed by atoms with van der Waals surface area (Å²) in [6.07, 6.45) is 5.74. The van der Waals surface area contributed by atoms with E-state index >= 15 is 0 Å². The summed E-state index contributed by atoms with van der Waals surface area (Å²) in [5.41, 5.74) is 0.879. The highest BCUT2D eigenvalue weighted by atomic mass is 16.5. The first kappa shape index (κ1) is 38.2. The smallest absolute Gasteiger partial charge is 0.320 e. The molecule has 47 heavy (non-hydrogen) atoms. The number of esters is 1. The van der Waals surface area contributed by atoms with Crippen LogP contribution in [0.15, 0.2) is 43.0 Å². The second-order valence-corrected chi connectivity index (χ2v) is 13.7. The van der Waals surface area contributed by atoms with Gasteiger partial charge in [0.15, 0.2) is 0 Å². The van der Waals surface area contributed by atoms with Gasteiger partial charge >= 0.3 is 5.97 Å². The summed E-state index contributed by atoms with van der Waals surface area (Å²) < 4.78 is 4.98. The Labute approximate surface area is 280 Å². The molecular weight excluding hydrogens is 600 g/mol. The number of hydrogen-bond acceptors (Lipinski definition) is 8. The zero-order chi connectivity index (χ0) is 34.3. The number of benzene rings is 1. The van der Waals surface area contributed by atoms with Crippen molar-refractivity contribution in [3.8, 4) is 0 Å². The van der Waals surface area contributed by atoms with E-state index in [4.69, 9.17) is 4.74 Å². The minimum Gasteiger partial charge on any atom is -0.463 e. The number of cyclic esters (lactones) is 1. The van der Waals surface area contributed by atoms with Crippen LogP contribution < -0.4 is 10.6 Å². The summed E-state index contributed by atoms with van der Waals surface area (Å²) >= 11 is 0. The first-order valence-corrected chi connectivity index (χ1v) is 17.2. The van der Waals surface area contributed by atoms with Gasteiger partial charge < -0.3 is 30.5 Å². The second-order valence-electron chi connectivity index (χ2n) is 13.7. The maximum atomic E-state index is 13.7. The van der Waals surface area contributed by atoms with Crippen LogP contribution in [0.5, 0.6) is 0 Å². The van der Waals surface area contributed by atoms with Crippen molar-refractivity contribution in [1.29, 1.82) is 0 Å². The van der Waals surface area contributed by atoms with Crippen molar-refractivity contribution >= 4 is 23.7 Å². The van der Waals surface area contributed by atoms with Gasteiger partial charge in [-0.15, -0.1) is 6.58 Å². The molecule has 1 aromatic carbocycles. The fraction of sp³-hybridized carbons (Fsp3) is 0.667. The first-order valence-electron chi connectivity index (χ1n) is 17.2. The molecule has 1 saturated carbocycles. The van der Waals surface area contributed by atoms with Crippen LogP contribution in [-0.4, -0.2) is 108 Å². The summed E-state index contributed by atoms with van der Waals surface area (Å²) in [4.78, 5) is 55.7. The van der Waals surface area contributed by atoms with Gasteiger partial charge in [-0.05, 0) is 36.7 Å². The molecule has 3 rings (SSSR count). The van der Waals surface area contributed by atoms with E-state index in [2.05, 4.69) is 17.2 Å². The van der Waals surface area contributed by atoms with Gasteiger partial charge in [0, 0.05) is 33.1 Å². The number of carbonyl (C=O) groups is 4. The molecule has 262 valence electrons. The van der Waals surface area contributed by atoms with Gasteiger partial charge in [0.2, 0.25) is 17.7 Å². The molecule has 4 N–H and O–H groups in total. The molecule has 11 heteroatoms. The fourth-order valence-corrected chi connectivity index (χ4v) is 6.46. The molecule has 0 spiro atoms. The standard InChI is InChI=1S/C36H56N4O7/c1-5-29(36(46)38-30(22-27-14-10-7-11-15-27)34(44)31(41)20-25(2)3)37-35(45)28(21-26-12-8-6-9-13-26)23-32(42)39(4)16-17-40-18-19-47-33(43)24-40/h5-6,8-9,12-13,25,27-31,34,41,44H,1,7,10-11,14-24H2,2-4H3,(H,37,45)(H,38,46)/t28?,29?,30?,31-,34?/m0/s1. The Morgan fingerprint density at radius 3 is 2.43 bits per heavy atom. The van der Waals surface area contributed by atoms with Crippen LogP contribution in [0.1, 0.15) is 70.8 Å². The third-order valence-corrected chi connectivity index (χ3v) is 9.29. The SMILES string of the molecule is C=CC(NC(=O)C(CC(=O)N(C)CCN1CCOC(=O)C1)Cc1ccccc1)C(=O)NC(CC1CCCCC1)C(O)[C@@H](O)CC(C)C. The molecule has 0 radical (unpaired) electrons. The number of morpholine rings is 1. The molecule has 5 atom stereocenters. The molecule has 11 nitrogen and oxygen atoms in total. The molecule has 1 saturated heterocycles. The van der Waals surface area contributed by atoms with Gasteiger partial charge in [-0.1, -0.05) is 82.4 Å². The van der Waals surface area contributed by atoms with Gasteiger partial charge in [-0.2, -0.15) is 0 Å². The van der Waals surface area contributed by atoms with Gasteiger partial charge in [-0.25, -0.2) is 0 Å². The maximum absolute atomic E-state index is 13.7. The molecule has 4 unspecified atom stereocenters. The number of amides is 3. The number of nitrogens with one attached hydrogen (secondary N) is 2. The van der Waals surface area contributed by atoms with Crippen LogP contribution in [0.3, 0.4) is 0 Å². The molecule has 1 heterocycles. The molecule has 1 aliphatic heterocycles.